The fourth-order valence-electron chi connectivity index (χ4n) is 2.32. The maximum atomic E-state index is 5.89. The number of nitrogens with two attached hydrogens (primary N) is 1. The SMILES string of the molecule is CCCOCCCCCCN1CCC(N)CC1. The van der Waals surface area contributed by atoms with Crippen molar-refractivity contribution in [2.75, 3.05) is 32.8 Å². The lowest BCUT2D eigenvalue weighted by atomic mass is 10.1. The molecular weight excluding hydrogens is 212 g/mol. The van der Waals surface area contributed by atoms with Crippen molar-refractivity contribution >= 4 is 0 Å². The third-order valence-electron chi connectivity index (χ3n) is 3.49. The molecule has 0 aromatic heterocycles. The molecule has 0 amide bonds. The molecular formula is C14H30N2O. The first-order valence-corrected chi connectivity index (χ1v) is 7.38. The zero-order valence-electron chi connectivity index (χ0n) is 11.5. The number of rotatable bonds is 9. The minimum Gasteiger partial charge on any atom is -0.381 e. The molecule has 0 aromatic carbocycles. The fourth-order valence-corrected chi connectivity index (χ4v) is 2.32. The average Bonchev–Trinajstić information content (AvgIpc) is 2.35. The van der Waals surface area contributed by atoms with Gasteiger partial charge in [0.25, 0.3) is 0 Å². The predicted octanol–water partition coefficient (Wildman–Crippen LogP) is 2.40. The number of likely N-dealkylation sites (tertiary alicyclic amines) is 1. The Labute approximate surface area is 107 Å². The summed E-state index contributed by atoms with van der Waals surface area (Å²) in [6.07, 6.45) is 8.73. The van der Waals surface area contributed by atoms with Gasteiger partial charge in [-0.3, -0.25) is 0 Å². The van der Waals surface area contributed by atoms with Crippen LogP contribution in [0.1, 0.15) is 51.9 Å². The summed E-state index contributed by atoms with van der Waals surface area (Å²) < 4.78 is 5.47. The Morgan fingerprint density at radius 1 is 1.06 bits per heavy atom. The number of hydrogen-bond acceptors (Lipinski definition) is 3. The second kappa shape index (κ2) is 9.86. The lowest BCUT2D eigenvalue weighted by molar-refractivity contribution is 0.130. The standard InChI is InChI=1S/C14H30N2O/c1-2-12-17-13-6-4-3-5-9-16-10-7-14(15)8-11-16/h14H,2-13,15H2,1H3. The third kappa shape index (κ3) is 7.74. The highest BCUT2D eigenvalue weighted by atomic mass is 16.5. The molecule has 1 heterocycles. The van der Waals surface area contributed by atoms with Crippen LogP contribution >= 0.6 is 0 Å². The molecule has 0 radical (unpaired) electrons. The summed E-state index contributed by atoms with van der Waals surface area (Å²) in [4.78, 5) is 2.57. The molecule has 0 aliphatic carbocycles. The Morgan fingerprint density at radius 3 is 2.47 bits per heavy atom. The van der Waals surface area contributed by atoms with E-state index in [0.717, 1.165) is 19.6 Å². The minimum atomic E-state index is 0.460. The van der Waals surface area contributed by atoms with E-state index in [-0.39, 0.29) is 0 Å². The summed E-state index contributed by atoms with van der Waals surface area (Å²) in [5, 5.41) is 0. The summed E-state index contributed by atoms with van der Waals surface area (Å²) in [6.45, 7) is 7.72. The maximum Gasteiger partial charge on any atom is 0.0466 e. The summed E-state index contributed by atoms with van der Waals surface area (Å²) in [6, 6.07) is 0.460. The fraction of sp³-hybridized carbons (Fsp3) is 1.00. The van der Waals surface area contributed by atoms with Gasteiger partial charge in [-0.25, -0.2) is 0 Å². The van der Waals surface area contributed by atoms with Gasteiger partial charge in [0.1, 0.15) is 0 Å². The summed E-state index contributed by atoms with van der Waals surface area (Å²) in [7, 11) is 0. The Bertz CT molecular complexity index is 168. The van der Waals surface area contributed by atoms with Crippen LogP contribution in [0, 0.1) is 0 Å². The summed E-state index contributed by atoms with van der Waals surface area (Å²) in [5.41, 5.74) is 5.89. The monoisotopic (exact) mass is 242 g/mol. The van der Waals surface area contributed by atoms with Gasteiger partial charge in [-0.15, -0.1) is 0 Å². The van der Waals surface area contributed by atoms with Crippen molar-refractivity contribution in [3.8, 4) is 0 Å². The first kappa shape index (κ1) is 14.9. The second-order valence-corrected chi connectivity index (χ2v) is 5.21. The molecule has 0 aromatic rings. The highest BCUT2D eigenvalue weighted by Crippen LogP contribution is 2.10. The van der Waals surface area contributed by atoms with E-state index in [9.17, 15) is 0 Å². The third-order valence-corrected chi connectivity index (χ3v) is 3.49. The molecule has 0 spiro atoms. The molecule has 102 valence electrons. The lowest BCUT2D eigenvalue weighted by Gasteiger charge is -2.29. The molecule has 1 aliphatic heterocycles. The Morgan fingerprint density at radius 2 is 1.76 bits per heavy atom. The van der Waals surface area contributed by atoms with E-state index in [1.54, 1.807) is 0 Å². The normalized spacial score (nSPS) is 18.7. The largest absolute Gasteiger partial charge is 0.381 e. The van der Waals surface area contributed by atoms with Gasteiger partial charge in [-0.05, 0) is 51.7 Å². The van der Waals surface area contributed by atoms with E-state index >= 15 is 0 Å². The van der Waals surface area contributed by atoms with E-state index in [2.05, 4.69) is 11.8 Å². The summed E-state index contributed by atoms with van der Waals surface area (Å²) in [5.74, 6) is 0. The van der Waals surface area contributed by atoms with Crippen LogP contribution in [0.3, 0.4) is 0 Å². The van der Waals surface area contributed by atoms with Crippen molar-refractivity contribution in [1.29, 1.82) is 0 Å². The summed E-state index contributed by atoms with van der Waals surface area (Å²) >= 11 is 0. The molecule has 1 fully saturated rings. The first-order valence-electron chi connectivity index (χ1n) is 7.38. The topological polar surface area (TPSA) is 38.5 Å². The van der Waals surface area contributed by atoms with Gasteiger partial charge in [0.05, 0.1) is 0 Å². The van der Waals surface area contributed by atoms with Gasteiger partial charge in [-0.1, -0.05) is 19.8 Å². The first-order chi connectivity index (χ1) is 8.33. The van der Waals surface area contributed by atoms with E-state index in [1.807, 2.05) is 0 Å². The van der Waals surface area contributed by atoms with Crippen LogP contribution in [0.4, 0.5) is 0 Å². The zero-order chi connectivity index (χ0) is 12.3. The van der Waals surface area contributed by atoms with Crippen LogP contribution in [0.25, 0.3) is 0 Å². The lowest BCUT2D eigenvalue weighted by Crippen LogP contribution is -2.39. The van der Waals surface area contributed by atoms with Crippen molar-refractivity contribution < 1.29 is 4.74 Å². The van der Waals surface area contributed by atoms with Gasteiger partial charge < -0.3 is 15.4 Å². The zero-order valence-corrected chi connectivity index (χ0v) is 11.5. The van der Waals surface area contributed by atoms with Crippen LogP contribution in [0.5, 0.6) is 0 Å². The van der Waals surface area contributed by atoms with Crippen molar-refractivity contribution in [3.63, 3.8) is 0 Å². The smallest absolute Gasteiger partial charge is 0.0466 e. The molecule has 1 saturated heterocycles. The molecule has 1 rings (SSSR count). The van der Waals surface area contributed by atoms with E-state index < -0.39 is 0 Å². The van der Waals surface area contributed by atoms with Crippen molar-refractivity contribution in [1.82, 2.24) is 4.90 Å². The Balaban J connectivity index is 1.81. The van der Waals surface area contributed by atoms with Gasteiger partial charge >= 0.3 is 0 Å². The van der Waals surface area contributed by atoms with Crippen LogP contribution in [-0.4, -0.2) is 43.8 Å². The number of hydrogen-bond donors (Lipinski definition) is 1. The molecule has 3 heteroatoms. The van der Waals surface area contributed by atoms with Gasteiger partial charge in [0, 0.05) is 19.3 Å². The number of ether oxygens (including phenoxy) is 1. The number of piperidine rings is 1. The predicted molar refractivity (Wildman–Crippen MR) is 73.2 cm³/mol. The van der Waals surface area contributed by atoms with E-state index in [1.165, 1.54) is 58.2 Å². The molecule has 1 aliphatic rings. The van der Waals surface area contributed by atoms with Crippen LogP contribution in [-0.2, 0) is 4.74 Å². The van der Waals surface area contributed by atoms with Crippen LogP contribution in [0.2, 0.25) is 0 Å². The van der Waals surface area contributed by atoms with Gasteiger partial charge in [0.15, 0.2) is 0 Å². The highest BCUT2D eigenvalue weighted by Gasteiger charge is 2.14. The van der Waals surface area contributed by atoms with E-state index in [4.69, 9.17) is 10.5 Å². The quantitative estimate of drug-likeness (QED) is 0.631. The average molecular weight is 242 g/mol. The van der Waals surface area contributed by atoms with Crippen molar-refractivity contribution in [2.24, 2.45) is 5.73 Å². The highest BCUT2D eigenvalue weighted by molar-refractivity contribution is 4.73. The van der Waals surface area contributed by atoms with Gasteiger partial charge in [-0.2, -0.15) is 0 Å². The molecule has 0 saturated carbocycles. The number of nitrogens with zero attached hydrogens (tertiary/aromatic N) is 1. The molecule has 3 nitrogen and oxygen atoms in total. The molecule has 2 N–H and O–H groups in total. The van der Waals surface area contributed by atoms with Gasteiger partial charge in [0.2, 0.25) is 0 Å². The minimum absolute atomic E-state index is 0.460. The van der Waals surface area contributed by atoms with Crippen molar-refractivity contribution in [3.05, 3.63) is 0 Å². The second-order valence-electron chi connectivity index (χ2n) is 5.21. The maximum absolute atomic E-state index is 5.89. The molecule has 0 bridgehead atoms. The molecule has 0 unspecified atom stereocenters. The molecule has 17 heavy (non-hydrogen) atoms. The van der Waals surface area contributed by atoms with Crippen LogP contribution in [0.15, 0.2) is 0 Å². The number of unbranched alkanes of at least 4 members (excludes halogenated alkanes) is 3. The van der Waals surface area contributed by atoms with Crippen molar-refractivity contribution in [2.45, 2.75) is 57.9 Å². The van der Waals surface area contributed by atoms with E-state index in [0.29, 0.717) is 6.04 Å². The van der Waals surface area contributed by atoms with Crippen LogP contribution < -0.4 is 5.73 Å². The molecule has 0 atom stereocenters. The Kier molecular flexibility index (Phi) is 8.67. The Hall–Kier alpha value is -0.120.